The van der Waals surface area contributed by atoms with Crippen molar-refractivity contribution in [1.82, 2.24) is 10.3 Å². The van der Waals surface area contributed by atoms with Crippen LogP contribution >= 0.6 is 0 Å². The summed E-state index contributed by atoms with van der Waals surface area (Å²) >= 11 is 0. The van der Waals surface area contributed by atoms with Crippen LogP contribution in [0.2, 0.25) is 0 Å². The Kier molecular flexibility index (Phi) is 5.10. The van der Waals surface area contributed by atoms with E-state index in [9.17, 15) is 4.79 Å². The molecule has 94 valence electrons. The average molecular weight is 235 g/mol. The fourth-order valence-corrected chi connectivity index (χ4v) is 1.54. The second-order valence-electron chi connectivity index (χ2n) is 4.43. The first-order valence-electron chi connectivity index (χ1n) is 6.02. The Balaban J connectivity index is 2.57. The molecule has 0 aromatic carbocycles. The molecule has 3 N–H and O–H groups in total. The summed E-state index contributed by atoms with van der Waals surface area (Å²) in [6, 6.07) is 3.28. The van der Waals surface area contributed by atoms with Gasteiger partial charge in [0.25, 0.3) is 0 Å². The number of hydrogen-bond donors (Lipinski definition) is 2. The first-order chi connectivity index (χ1) is 8.06. The van der Waals surface area contributed by atoms with E-state index in [0.717, 1.165) is 12.0 Å². The van der Waals surface area contributed by atoms with E-state index < -0.39 is 6.04 Å². The van der Waals surface area contributed by atoms with Crippen LogP contribution in [0.5, 0.6) is 0 Å². The molecule has 1 heterocycles. The Bertz CT molecular complexity index is 353. The van der Waals surface area contributed by atoms with E-state index in [1.165, 1.54) is 0 Å². The van der Waals surface area contributed by atoms with Crippen LogP contribution in [0.4, 0.5) is 0 Å². The number of nitrogens with one attached hydrogen (secondary N) is 1. The van der Waals surface area contributed by atoms with Gasteiger partial charge < -0.3 is 11.1 Å². The normalized spacial score (nSPS) is 16.0. The van der Waals surface area contributed by atoms with Crippen LogP contribution in [0.3, 0.4) is 0 Å². The molecular formula is C13H21N3O. The van der Waals surface area contributed by atoms with Crippen LogP contribution in [0, 0.1) is 5.92 Å². The number of pyridine rings is 1. The zero-order valence-corrected chi connectivity index (χ0v) is 10.7. The van der Waals surface area contributed by atoms with E-state index in [1.54, 1.807) is 12.4 Å². The monoisotopic (exact) mass is 235 g/mol. The zero-order valence-electron chi connectivity index (χ0n) is 10.7. The number of carbonyl (C=O) groups excluding carboxylic acids is 1. The van der Waals surface area contributed by atoms with Crippen molar-refractivity contribution in [2.75, 3.05) is 0 Å². The molecule has 0 saturated carbocycles. The molecule has 0 radical (unpaired) electrons. The Morgan fingerprint density at radius 2 is 2.24 bits per heavy atom. The molecule has 0 saturated heterocycles. The number of aromatic nitrogens is 1. The van der Waals surface area contributed by atoms with Gasteiger partial charge >= 0.3 is 0 Å². The highest BCUT2D eigenvalue weighted by atomic mass is 16.2. The van der Waals surface area contributed by atoms with Crippen LogP contribution < -0.4 is 11.1 Å². The van der Waals surface area contributed by atoms with E-state index in [1.807, 2.05) is 32.9 Å². The standard InChI is InChI=1S/C13H21N3O/c1-4-9(2)12(14)13(17)16-10(3)11-6-5-7-15-8-11/h5-10,12H,4,14H2,1-3H3,(H,16,17)/t9?,10-,12-/m0/s1. The maximum absolute atomic E-state index is 11.9. The summed E-state index contributed by atoms with van der Waals surface area (Å²) in [4.78, 5) is 15.9. The highest BCUT2D eigenvalue weighted by molar-refractivity contribution is 5.82. The van der Waals surface area contributed by atoms with Gasteiger partial charge in [-0.15, -0.1) is 0 Å². The summed E-state index contributed by atoms with van der Waals surface area (Å²) in [5, 5.41) is 2.91. The number of carbonyl (C=O) groups is 1. The lowest BCUT2D eigenvalue weighted by molar-refractivity contribution is -0.124. The van der Waals surface area contributed by atoms with Crippen molar-refractivity contribution in [3.05, 3.63) is 30.1 Å². The van der Waals surface area contributed by atoms with Crippen molar-refractivity contribution < 1.29 is 4.79 Å². The second kappa shape index (κ2) is 6.35. The number of amides is 1. The molecule has 4 heteroatoms. The van der Waals surface area contributed by atoms with Gasteiger partial charge in [0.1, 0.15) is 0 Å². The van der Waals surface area contributed by atoms with Gasteiger partial charge in [-0.3, -0.25) is 9.78 Å². The molecule has 1 aromatic heterocycles. The SMILES string of the molecule is CCC(C)[C@H](N)C(=O)N[C@@H](C)c1cccnc1. The second-order valence-corrected chi connectivity index (χ2v) is 4.43. The zero-order chi connectivity index (χ0) is 12.8. The molecule has 3 atom stereocenters. The molecule has 1 unspecified atom stereocenters. The predicted molar refractivity (Wildman–Crippen MR) is 68.2 cm³/mol. The quantitative estimate of drug-likeness (QED) is 0.815. The topological polar surface area (TPSA) is 68.0 Å². The Hall–Kier alpha value is -1.42. The van der Waals surface area contributed by atoms with Crippen LogP contribution in [0.25, 0.3) is 0 Å². The molecule has 0 spiro atoms. The third-order valence-electron chi connectivity index (χ3n) is 3.10. The Labute approximate surface area is 103 Å². The smallest absolute Gasteiger partial charge is 0.237 e. The van der Waals surface area contributed by atoms with E-state index in [0.29, 0.717) is 0 Å². The predicted octanol–water partition coefficient (Wildman–Crippen LogP) is 1.63. The summed E-state index contributed by atoms with van der Waals surface area (Å²) in [5.41, 5.74) is 6.85. The summed E-state index contributed by atoms with van der Waals surface area (Å²) in [6.45, 7) is 5.94. The highest BCUT2D eigenvalue weighted by Crippen LogP contribution is 2.11. The van der Waals surface area contributed by atoms with E-state index >= 15 is 0 Å². The third-order valence-corrected chi connectivity index (χ3v) is 3.10. The summed E-state index contributed by atoms with van der Waals surface area (Å²) < 4.78 is 0. The fourth-order valence-electron chi connectivity index (χ4n) is 1.54. The van der Waals surface area contributed by atoms with Gasteiger partial charge in [-0.2, -0.15) is 0 Å². The van der Waals surface area contributed by atoms with Crippen molar-refractivity contribution in [2.24, 2.45) is 11.7 Å². The van der Waals surface area contributed by atoms with Crippen LogP contribution in [-0.4, -0.2) is 16.9 Å². The Morgan fingerprint density at radius 3 is 2.76 bits per heavy atom. The van der Waals surface area contributed by atoms with Crippen molar-refractivity contribution in [1.29, 1.82) is 0 Å². The molecule has 1 rings (SSSR count). The minimum Gasteiger partial charge on any atom is -0.348 e. The van der Waals surface area contributed by atoms with Gasteiger partial charge in [0.05, 0.1) is 12.1 Å². The third kappa shape index (κ3) is 3.82. The number of nitrogens with zero attached hydrogens (tertiary/aromatic N) is 1. The first kappa shape index (κ1) is 13.6. The summed E-state index contributed by atoms with van der Waals surface area (Å²) in [6.07, 6.45) is 4.36. The number of hydrogen-bond acceptors (Lipinski definition) is 3. The molecule has 0 aliphatic carbocycles. The van der Waals surface area contributed by atoms with Crippen molar-refractivity contribution in [2.45, 2.75) is 39.3 Å². The van der Waals surface area contributed by atoms with Crippen molar-refractivity contribution >= 4 is 5.91 Å². The molecule has 0 bridgehead atoms. The lowest BCUT2D eigenvalue weighted by Crippen LogP contribution is -2.45. The van der Waals surface area contributed by atoms with Gasteiger partial charge in [-0.05, 0) is 24.5 Å². The lowest BCUT2D eigenvalue weighted by Gasteiger charge is -2.21. The molecule has 0 aliphatic heterocycles. The molecular weight excluding hydrogens is 214 g/mol. The average Bonchev–Trinajstić information content (AvgIpc) is 2.37. The van der Waals surface area contributed by atoms with Crippen LogP contribution in [0.15, 0.2) is 24.5 Å². The number of nitrogens with two attached hydrogens (primary N) is 1. The van der Waals surface area contributed by atoms with E-state index in [4.69, 9.17) is 5.73 Å². The van der Waals surface area contributed by atoms with Crippen LogP contribution in [-0.2, 0) is 4.79 Å². The maximum atomic E-state index is 11.9. The highest BCUT2D eigenvalue weighted by Gasteiger charge is 2.21. The molecule has 1 aromatic rings. The van der Waals surface area contributed by atoms with E-state index in [2.05, 4.69) is 10.3 Å². The van der Waals surface area contributed by atoms with E-state index in [-0.39, 0.29) is 17.9 Å². The lowest BCUT2D eigenvalue weighted by atomic mass is 9.99. The van der Waals surface area contributed by atoms with Crippen molar-refractivity contribution in [3.8, 4) is 0 Å². The molecule has 4 nitrogen and oxygen atoms in total. The molecule has 17 heavy (non-hydrogen) atoms. The van der Waals surface area contributed by atoms with Gasteiger partial charge in [-0.25, -0.2) is 0 Å². The van der Waals surface area contributed by atoms with Gasteiger partial charge in [0.15, 0.2) is 0 Å². The van der Waals surface area contributed by atoms with Gasteiger partial charge in [-0.1, -0.05) is 26.3 Å². The van der Waals surface area contributed by atoms with Gasteiger partial charge in [0.2, 0.25) is 5.91 Å². The molecule has 1 amide bonds. The minimum absolute atomic E-state index is 0.0636. The first-order valence-corrected chi connectivity index (χ1v) is 6.02. The van der Waals surface area contributed by atoms with Crippen molar-refractivity contribution in [3.63, 3.8) is 0 Å². The fraction of sp³-hybridized carbons (Fsp3) is 0.538. The summed E-state index contributed by atoms with van der Waals surface area (Å²) in [7, 11) is 0. The maximum Gasteiger partial charge on any atom is 0.237 e. The largest absolute Gasteiger partial charge is 0.348 e. The van der Waals surface area contributed by atoms with Crippen LogP contribution in [0.1, 0.15) is 38.8 Å². The minimum atomic E-state index is -0.445. The Morgan fingerprint density at radius 1 is 1.53 bits per heavy atom. The summed E-state index contributed by atoms with van der Waals surface area (Å²) in [5.74, 6) is 0.0896. The van der Waals surface area contributed by atoms with Gasteiger partial charge in [0, 0.05) is 12.4 Å². The molecule has 0 aliphatic rings. The molecule has 0 fully saturated rings. The number of rotatable bonds is 5.